The molecule has 3 aromatic heterocycles. The van der Waals surface area contributed by atoms with Crippen molar-refractivity contribution in [2.75, 3.05) is 0 Å². The van der Waals surface area contributed by atoms with Crippen molar-refractivity contribution in [2.45, 2.75) is 13.3 Å². The highest BCUT2D eigenvalue weighted by Gasteiger charge is 2.22. The van der Waals surface area contributed by atoms with Gasteiger partial charge in [0.2, 0.25) is 0 Å². The number of aromatic nitrogens is 2. The first kappa shape index (κ1) is 16.0. The van der Waals surface area contributed by atoms with Crippen LogP contribution in [0, 0.1) is 12.7 Å². The van der Waals surface area contributed by atoms with E-state index < -0.39 is 5.97 Å². The van der Waals surface area contributed by atoms with Gasteiger partial charge in [0.1, 0.15) is 11.5 Å². The molecule has 4 nitrogen and oxygen atoms in total. The van der Waals surface area contributed by atoms with E-state index in [4.69, 9.17) is 4.98 Å². The molecule has 0 amide bonds. The van der Waals surface area contributed by atoms with Gasteiger partial charge in [-0.25, -0.2) is 9.37 Å². The number of thiazole rings is 1. The summed E-state index contributed by atoms with van der Waals surface area (Å²) in [6.07, 6.45) is -0.0888. The predicted molar refractivity (Wildman–Crippen MR) is 97.9 cm³/mol. The summed E-state index contributed by atoms with van der Waals surface area (Å²) in [4.78, 5) is 18.5. The van der Waals surface area contributed by atoms with Gasteiger partial charge >= 0.3 is 5.97 Å². The zero-order valence-corrected chi connectivity index (χ0v) is 14.8. The first-order valence-corrected chi connectivity index (χ1v) is 9.26. The number of carboxylic acids is 1. The average molecular weight is 372 g/mol. The molecule has 0 bridgehead atoms. The highest BCUT2D eigenvalue weighted by molar-refractivity contribution is 7.17. The fourth-order valence-electron chi connectivity index (χ4n) is 2.89. The molecular formula is C18H13FN2O2S2. The van der Waals surface area contributed by atoms with E-state index in [2.05, 4.69) is 0 Å². The number of carbonyl (C=O) groups is 1. The van der Waals surface area contributed by atoms with Gasteiger partial charge in [-0.15, -0.1) is 22.7 Å². The van der Waals surface area contributed by atoms with Crippen molar-refractivity contribution in [3.05, 3.63) is 58.2 Å². The number of rotatable bonds is 4. The number of hydrogen-bond donors (Lipinski definition) is 1. The van der Waals surface area contributed by atoms with Crippen molar-refractivity contribution in [3.63, 3.8) is 0 Å². The summed E-state index contributed by atoms with van der Waals surface area (Å²) >= 11 is 2.98. The molecule has 0 aliphatic carbocycles. The Morgan fingerprint density at radius 2 is 2.04 bits per heavy atom. The van der Waals surface area contributed by atoms with E-state index in [1.54, 1.807) is 23.5 Å². The van der Waals surface area contributed by atoms with Crippen LogP contribution < -0.4 is 0 Å². The number of halogens is 1. The minimum Gasteiger partial charge on any atom is -0.481 e. The monoisotopic (exact) mass is 372 g/mol. The van der Waals surface area contributed by atoms with Gasteiger partial charge in [-0.1, -0.05) is 6.07 Å². The largest absolute Gasteiger partial charge is 0.481 e. The maximum atomic E-state index is 13.3. The van der Waals surface area contributed by atoms with Gasteiger partial charge in [0.05, 0.1) is 17.0 Å². The van der Waals surface area contributed by atoms with Crippen LogP contribution in [0.3, 0.4) is 0 Å². The van der Waals surface area contributed by atoms with Gasteiger partial charge in [-0.3, -0.25) is 9.20 Å². The molecule has 0 atom stereocenters. The third-order valence-corrected chi connectivity index (χ3v) is 5.88. The molecule has 0 spiro atoms. The lowest BCUT2D eigenvalue weighted by molar-refractivity contribution is -0.136. The maximum absolute atomic E-state index is 13.3. The first-order chi connectivity index (χ1) is 12.0. The molecular weight excluding hydrogens is 359 g/mol. The van der Waals surface area contributed by atoms with Gasteiger partial charge in [0.25, 0.3) is 0 Å². The van der Waals surface area contributed by atoms with Crippen LogP contribution in [0.2, 0.25) is 0 Å². The number of thiophene rings is 1. The van der Waals surface area contributed by atoms with Crippen LogP contribution in [0.4, 0.5) is 4.39 Å². The van der Waals surface area contributed by atoms with Crippen molar-refractivity contribution in [1.29, 1.82) is 0 Å². The summed E-state index contributed by atoms with van der Waals surface area (Å²) in [6, 6.07) is 10.1. The average Bonchev–Trinajstić information content (AvgIpc) is 3.26. The molecule has 0 fully saturated rings. The fraction of sp³-hybridized carbons (Fsp3) is 0.111. The molecule has 0 radical (unpaired) electrons. The lowest BCUT2D eigenvalue weighted by atomic mass is 10.1. The van der Waals surface area contributed by atoms with Crippen LogP contribution in [-0.2, 0) is 11.2 Å². The van der Waals surface area contributed by atoms with Crippen molar-refractivity contribution in [1.82, 2.24) is 9.38 Å². The van der Waals surface area contributed by atoms with Crippen LogP contribution in [0.1, 0.15) is 10.6 Å². The number of hydrogen-bond acceptors (Lipinski definition) is 4. The Morgan fingerprint density at radius 3 is 2.68 bits per heavy atom. The van der Waals surface area contributed by atoms with E-state index >= 15 is 0 Å². The molecule has 1 N–H and O–H groups in total. The zero-order valence-electron chi connectivity index (χ0n) is 13.2. The molecule has 4 aromatic rings. The van der Waals surface area contributed by atoms with Gasteiger partial charge in [-0.05, 0) is 48.2 Å². The lowest BCUT2D eigenvalue weighted by Gasteiger charge is -2.06. The SMILES string of the molecule is Cc1c(-c2cccs2)nc2sc(CC(=O)O)c(-c3ccc(F)cc3)n12. The number of imidazole rings is 1. The molecule has 4 rings (SSSR count). The number of aliphatic carboxylic acids is 1. The maximum Gasteiger partial charge on any atom is 0.308 e. The molecule has 1 aromatic carbocycles. The Hall–Kier alpha value is -2.51. The van der Waals surface area contributed by atoms with E-state index in [1.165, 1.54) is 23.5 Å². The molecule has 0 saturated heterocycles. The fourth-order valence-corrected chi connectivity index (χ4v) is 4.84. The number of fused-ring (bicyclic) bond motifs is 1. The van der Waals surface area contributed by atoms with Gasteiger partial charge in [-0.2, -0.15) is 0 Å². The van der Waals surface area contributed by atoms with Gasteiger partial charge in [0.15, 0.2) is 4.96 Å². The predicted octanol–water partition coefficient (Wildman–Crippen LogP) is 4.87. The molecule has 3 heterocycles. The summed E-state index contributed by atoms with van der Waals surface area (Å²) in [5.74, 6) is -1.22. The normalized spacial score (nSPS) is 11.3. The molecule has 0 saturated carbocycles. The van der Waals surface area contributed by atoms with Crippen LogP contribution in [0.25, 0.3) is 26.8 Å². The van der Waals surface area contributed by atoms with Crippen molar-refractivity contribution in [3.8, 4) is 21.8 Å². The minimum atomic E-state index is -0.899. The topological polar surface area (TPSA) is 54.6 Å². The van der Waals surface area contributed by atoms with E-state index in [9.17, 15) is 14.3 Å². The molecule has 0 aliphatic heterocycles. The molecule has 0 aliphatic rings. The Labute approximate surface area is 150 Å². The Kier molecular flexibility index (Phi) is 3.89. The Morgan fingerprint density at radius 1 is 1.28 bits per heavy atom. The third kappa shape index (κ3) is 2.75. The van der Waals surface area contributed by atoms with E-state index in [0.29, 0.717) is 4.88 Å². The molecule has 0 unspecified atom stereocenters. The van der Waals surface area contributed by atoms with E-state index in [1.807, 2.05) is 28.8 Å². The van der Waals surface area contributed by atoms with Crippen LogP contribution in [-0.4, -0.2) is 20.5 Å². The minimum absolute atomic E-state index is 0.0888. The zero-order chi connectivity index (χ0) is 17.6. The highest BCUT2D eigenvalue weighted by Crippen LogP contribution is 2.37. The summed E-state index contributed by atoms with van der Waals surface area (Å²) < 4.78 is 15.3. The number of carboxylic acid groups (broad SMARTS) is 1. The lowest BCUT2D eigenvalue weighted by Crippen LogP contribution is -2.01. The molecule has 126 valence electrons. The Bertz CT molecular complexity index is 1060. The van der Waals surface area contributed by atoms with Gasteiger partial charge in [0, 0.05) is 10.6 Å². The van der Waals surface area contributed by atoms with Crippen LogP contribution in [0.15, 0.2) is 41.8 Å². The standard InChI is InChI=1S/C18H13FN2O2S2/c1-10-16(13-3-2-8-24-13)20-18-21(10)17(14(25-18)9-15(22)23)11-4-6-12(19)7-5-11/h2-8H,9H2,1H3,(H,22,23). The number of benzene rings is 1. The quantitative estimate of drug-likeness (QED) is 0.556. The van der Waals surface area contributed by atoms with E-state index in [0.717, 1.165) is 32.5 Å². The molecule has 7 heteroatoms. The smallest absolute Gasteiger partial charge is 0.308 e. The van der Waals surface area contributed by atoms with Crippen molar-refractivity contribution >= 4 is 33.6 Å². The first-order valence-electron chi connectivity index (χ1n) is 7.57. The van der Waals surface area contributed by atoms with E-state index in [-0.39, 0.29) is 12.2 Å². The number of aryl methyl sites for hydroxylation is 1. The number of nitrogens with zero attached hydrogens (tertiary/aromatic N) is 2. The summed E-state index contributed by atoms with van der Waals surface area (Å²) in [6.45, 7) is 1.97. The van der Waals surface area contributed by atoms with Crippen LogP contribution >= 0.6 is 22.7 Å². The summed E-state index contributed by atoms with van der Waals surface area (Å²) in [5.41, 5.74) is 3.40. The Balaban J connectivity index is 1.98. The van der Waals surface area contributed by atoms with Crippen molar-refractivity contribution < 1.29 is 14.3 Å². The summed E-state index contributed by atoms with van der Waals surface area (Å²) in [7, 11) is 0. The van der Waals surface area contributed by atoms with Crippen LogP contribution in [0.5, 0.6) is 0 Å². The highest BCUT2D eigenvalue weighted by atomic mass is 32.1. The van der Waals surface area contributed by atoms with Gasteiger partial charge < -0.3 is 5.11 Å². The second kappa shape index (κ2) is 6.09. The molecule has 25 heavy (non-hydrogen) atoms. The summed E-state index contributed by atoms with van der Waals surface area (Å²) in [5, 5.41) is 11.2. The third-order valence-electron chi connectivity index (χ3n) is 3.96. The second-order valence-corrected chi connectivity index (χ2v) is 7.60. The van der Waals surface area contributed by atoms with Crippen molar-refractivity contribution in [2.24, 2.45) is 0 Å². The second-order valence-electron chi connectivity index (χ2n) is 5.59.